The molecule has 0 amide bonds. The number of aromatic hydroxyl groups is 2. The number of nitrogens with zero attached hydrogens (tertiary/aromatic N) is 5. The van der Waals surface area contributed by atoms with Gasteiger partial charge < -0.3 is 10.2 Å². The van der Waals surface area contributed by atoms with E-state index in [-0.39, 0.29) is 11.4 Å². The van der Waals surface area contributed by atoms with Gasteiger partial charge in [-0.1, -0.05) is 0 Å². The van der Waals surface area contributed by atoms with Crippen molar-refractivity contribution < 1.29 is 15.1 Å². The smallest absolute Gasteiger partial charge is 0.315 e. The Labute approximate surface area is 122 Å². The van der Waals surface area contributed by atoms with Gasteiger partial charge in [0.05, 0.1) is 17.3 Å². The molecule has 2 aromatic heterocycles. The topological polar surface area (TPSA) is 151 Å². The summed E-state index contributed by atoms with van der Waals surface area (Å²) in [4.78, 5) is 14.2. The van der Waals surface area contributed by atoms with Crippen LogP contribution < -0.4 is 0 Å². The molecule has 0 unspecified atom stereocenters. The van der Waals surface area contributed by atoms with Crippen LogP contribution in [0.3, 0.4) is 0 Å². The summed E-state index contributed by atoms with van der Waals surface area (Å²) < 4.78 is 0. The Morgan fingerprint density at radius 2 is 2.00 bits per heavy atom. The first-order valence-electron chi connectivity index (χ1n) is 5.96. The van der Waals surface area contributed by atoms with Gasteiger partial charge in [-0.2, -0.15) is 15.3 Å². The zero-order valence-corrected chi connectivity index (χ0v) is 10.8. The van der Waals surface area contributed by atoms with E-state index in [0.717, 1.165) is 12.1 Å². The van der Waals surface area contributed by atoms with E-state index in [0.29, 0.717) is 11.4 Å². The molecule has 3 aromatic rings. The fraction of sp³-hybridized carbons (Fsp3) is 0. The van der Waals surface area contributed by atoms with Crippen molar-refractivity contribution in [3.63, 3.8) is 0 Å². The molecule has 0 saturated heterocycles. The second-order valence-corrected chi connectivity index (χ2v) is 4.26. The third kappa shape index (κ3) is 2.28. The maximum absolute atomic E-state index is 10.9. The molecule has 0 spiro atoms. The third-order valence-corrected chi connectivity index (χ3v) is 2.87. The fourth-order valence-corrected chi connectivity index (χ4v) is 1.82. The maximum atomic E-state index is 10.9. The van der Waals surface area contributed by atoms with Crippen LogP contribution in [0.4, 0.5) is 5.69 Å². The van der Waals surface area contributed by atoms with Crippen LogP contribution in [-0.4, -0.2) is 40.5 Å². The molecule has 0 radical (unpaired) electrons. The Bertz CT molecular complexity index is 848. The average molecular weight is 300 g/mol. The summed E-state index contributed by atoms with van der Waals surface area (Å²) in [5.74, 6) is -0.908. The summed E-state index contributed by atoms with van der Waals surface area (Å²) in [6.45, 7) is 0. The minimum Gasteiger partial charge on any atom is -0.504 e. The van der Waals surface area contributed by atoms with Gasteiger partial charge in [0.25, 0.3) is 0 Å². The molecule has 0 atom stereocenters. The van der Waals surface area contributed by atoms with Crippen LogP contribution in [0.5, 0.6) is 11.5 Å². The number of nitro benzene ring substituents is 1. The highest BCUT2D eigenvalue weighted by Gasteiger charge is 2.21. The number of hydrogen-bond donors (Lipinski definition) is 3. The Balaban J connectivity index is 2.06. The average Bonchev–Trinajstić information content (AvgIpc) is 3.00. The molecule has 3 N–H and O–H groups in total. The highest BCUT2D eigenvalue weighted by atomic mass is 16.6. The van der Waals surface area contributed by atoms with Gasteiger partial charge in [0.2, 0.25) is 5.75 Å². The summed E-state index contributed by atoms with van der Waals surface area (Å²) in [6.07, 6.45) is 2.95. The Hall–Kier alpha value is -3.56. The lowest BCUT2D eigenvalue weighted by molar-refractivity contribution is -0.385. The first kappa shape index (κ1) is 13.4. The number of aromatic nitrogens is 5. The van der Waals surface area contributed by atoms with Gasteiger partial charge in [-0.3, -0.25) is 15.2 Å². The number of aromatic amines is 1. The summed E-state index contributed by atoms with van der Waals surface area (Å²) in [5, 5.41) is 43.8. The minimum absolute atomic E-state index is 0.130. The lowest BCUT2D eigenvalue weighted by atomic mass is 10.1. The van der Waals surface area contributed by atoms with Crippen molar-refractivity contribution in [3.05, 3.63) is 40.7 Å². The molecule has 110 valence electrons. The number of nitrogens with one attached hydrogen (secondary N) is 1. The third-order valence-electron chi connectivity index (χ3n) is 2.87. The highest BCUT2D eigenvalue weighted by Crippen LogP contribution is 2.38. The molecule has 0 fully saturated rings. The molecule has 22 heavy (non-hydrogen) atoms. The number of rotatable bonds is 3. The quantitative estimate of drug-likeness (QED) is 0.371. The lowest BCUT2D eigenvalue weighted by Gasteiger charge is -2.01. The molecule has 3 rings (SSSR count). The Morgan fingerprint density at radius 1 is 1.18 bits per heavy atom. The van der Waals surface area contributed by atoms with E-state index in [9.17, 15) is 20.3 Å². The number of phenolic OH excluding ortho intramolecular Hbond substituents is 2. The predicted molar refractivity (Wildman–Crippen MR) is 72.8 cm³/mol. The van der Waals surface area contributed by atoms with E-state index in [1.165, 1.54) is 12.4 Å². The van der Waals surface area contributed by atoms with Crippen molar-refractivity contribution in [2.24, 2.45) is 0 Å². The van der Waals surface area contributed by atoms with Crippen molar-refractivity contribution in [2.75, 3.05) is 0 Å². The van der Waals surface area contributed by atoms with Crippen LogP contribution in [0.15, 0.2) is 30.6 Å². The van der Waals surface area contributed by atoms with E-state index in [1.807, 2.05) is 0 Å². The largest absolute Gasteiger partial charge is 0.504 e. The van der Waals surface area contributed by atoms with Crippen LogP contribution >= 0.6 is 0 Å². The second-order valence-electron chi connectivity index (χ2n) is 4.26. The van der Waals surface area contributed by atoms with Crippen LogP contribution in [0, 0.1) is 10.1 Å². The van der Waals surface area contributed by atoms with Gasteiger partial charge in [-0.15, -0.1) is 0 Å². The first-order chi connectivity index (χ1) is 10.6. The van der Waals surface area contributed by atoms with E-state index in [2.05, 4.69) is 25.4 Å². The molecule has 0 saturated carbocycles. The molecule has 0 aliphatic heterocycles. The van der Waals surface area contributed by atoms with Gasteiger partial charge in [-0.05, 0) is 12.1 Å². The van der Waals surface area contributed by atoms with Crippen molar-refractivity contribution in [1.29, 1.82) is 0 Å². The van der Waals surface area contributed by atoms with Gasteiger partial charge in [-0.25, -0.2) is 4.98 Å². The van der Waals surface area contributed by atoms with Gasteiger partial charge in [0, 0.05) is 17.2 Å². The molecule has 0 aliphatic carbocycles. The van der Waals surface area contributed by atoms with E-state index in [4.69, 9.17) is 0 Å². The summed E-state index contributed by atoms with van der Waals surface area (Å²) in [6, 6.07) is 3.88. The van der Waals surface area contributed by atoms with Crippen molar-refractivity contribution in [3.8, 4) is 34.3 Å². The van der Waals surface area contributed by atoms with Crippen LogP contribution in [0.1, 0.15) is 0 Å². The van der Waals surface area contributed by atoms with Crippen LogP contribution in [0.25, 0.3) is 22.8 Å². The molecule has 0 bridgehead atoms. The highest BCUT2D eigenvalue weighted by molar-refractivity contribution is 5.69. The molecule has 10 heteroatoms. The lowest BCUT2D eigenvalue weighted by Crippen LogP contribution is -1.91. The monoisotopic (exact) mass is 300 g/mol. The zero-order valence-electron chi connectivity index (χ0n) is 10.8. The van der Waals surface area contributed by atoms with Gasteiger partial charge in [0.1, 0.15) is 0 Å². The molecule has 2 heterocycles. The molecular formula is C12H8N6O4. The fourth-order valence-electron chi connectivity index (χ4n) is 1.82. The van der Waals surface area contributed by atoms with E-state index >= 15 is 0 Å². The first-order valence-corrected chi connectivity index (χ1v) is 5.96. The molecule has 0 aliphatic rings. The van der Waals surface area contributed by atoms with Crippen molar-refractivity contribution in [1.82, 2.24) is 25.4 Å². The van der Waals surface area contributed by atoms with Crippen molar-refractivity contribution >= 4 is 5.69 Å². The maximum Gasteiger partial charge on any atom is 0.315 e. The predicted octanol–water partition coefficient (Wildman–Crippen LogP) is 1.25. The number of H-pyrrole nitrogens is 1. The summed E-state index contributed by atoms with van der Waals surface area (Å²) in [5.41, 5.74) is 0.185. The van der Waals surface area contributed by atoms with Crippen molar-refractivity contribution in [2.45, 2.75) is 0 Å². The summed E-state index contributed by atoms with van der Waals surface area (Å²) >= 11 is 0. The van der Waals surface area contributed by atoms with E-state index in [1.54, 1.807) is 6.07 Å². The van der Waals surface area contributed by atoms with Crippen LogP contribution in [0.2, 0.25) is 0 Å². The number of benzene rings is 1. The van der Waals surface area contributed by atoms with Gasteiger partial charge >= 0.3 is 5.69 Å². The molecule has 10 nitrogen and oxygen atoms in total. The molecule has 1 aromatic carbocycles. The minimum atomic E-state index is -0.807. The Morgan fingerprint density at radius 3 is 2.68 bits per heavy atom. The standard InChI is InChI=1S/C12H8N6O4/c19-9-4-7(3-8(10(9)20)18(21)22)12-15-11(16-17-12)6-1-2-13-14-5-6/h1-5,19-20H,(H,15,16,17). The summed E-state index contributed by atoms with van der Waals surface area (Å²) in [7, 11) is 0. The number of phenols is 2. The molecular weight excluding hydrogens is 292 g/mol. The Kier molecular flexibility index (Phi) is 3.10. The number of nitro groups is 1. The SMILES string of the molecule is O=[N+]([O-])c1cc(-c2n[nH]c(-c3ccnnc3)n2)cc(O)c1O. The van der Waals surface area contributed by atoms with Crippen LogP contribution in [-0.2, 0) is 0 Å². The zero-order chi connectivity index (χ0) is 15.7. The number of hydrogen-bond acceptors (Lipinski definition) is 8. The van der Waals surface area contributed by atoms with E-state index < -0.39 is 22.1 Å². The van der Waals surface area contributed by atoms with Gasteiger partial charge in [0.15, 0.2) is 17.4 Å². The normalized spacial score (nSPS) is 10.5. The second kappa shape index (κ2) is 5.09.